The molecule has 0 saturated carbocycles. The highest BCUT2D eigenvalue weighted by atomic mass is 32.1. The smallest absolute Gasteiger partial charge is 0.211 e. The Labute approximate surface area is 208 Å². The largest absolute Gasteiger partial charge is 0.371 e. The zero-order valence-electron chi connectivity index (χ0n) is 19.8. The normalized spacial score (nSPS) is 18.9. The molecule has 2 aliphatic heterocycles. The van der Waals surface area contributed by atoms with Gasteiger partial charge in [-0.05, 0) is 76.4 Å². The Kier molecular flexibility index (Phi) is 6.66. The molecule has 0 aromatic carbocycles. The van der Waals surface area contributed by atoms with Gasteiger partial charge in [0, 0.05) is 36.7 Å². The van der Waals surface area contributed by atoms with Crippen molar-refractivity contribution in [2.75, 3.05) is 31.6 Å². The fourth-order valence-corrected chi connectivity index (χ4v) is 5.63. The van der Waals surface area contributed by atoms with E-state index in [4.69, 9.17) is 9.72 Å². The predicted molar refractivity (Wildman–Crippen MR) is 137 cm³/mol. The average molecular weight is 491 g/mol. The first-order valence-corrected chi connectivity index (χ1v) is 13.4. The number of fused-ring (bicyclic) bond motifs is 1. The number of anilines is 2. The monoisotopic (exact) mass is 490 g/mol. The van der Waals surface area contributed by atoms with E-state index in [2.05, 4.69) is 42.8 Å². The van der Waals surface area contributed by atoms with Crippen molar-refractivity contribution in [2.24, 2.45) is 0 Å². The van der Waals surface area contributed by atoms with Crippen molar-refractivity contribution in [1.82, 2.24) is 34.8 Å². The minimum Gasteiger partial charge on any atom is -0.371 e. The molecular formula is C25H30N8OS. The Morgan fingerprint density at radius 1 is 1.00 bits per heavy atom. The third-order valence-corrected chi connectivity index (χ3v) is 7.63. The minimum absolute atomic E-state index is 0.0641. The van der Waals surface area contributed by atoms with Crippen LogP contribution in [-0.2, 0) is 11.3 Å². The second-order valence-electron chi connectivity index (χ2n) is 9.28. The third-order valence-electron chi connectivity index (χ3n) is 6.69. The molecule has 0 aliphatic carbocycles. The summed E-state index contributed by atoms with van der Waals surface area (Å²) in [6.45, 7) is 5.36. The van der Waals surface area contributed by atoms with E-state index in [9.17, 15) is 0 Å². The van der Waals surface area contributed by atoms with Gasteiger partial charge >= 0.3 is 0 Å². The molecule has 2 fully saturated rings. The highest BCUT2D eigenvalue weighted by molar-refractivity contribution is 7.15. The van der Waals surface area contributed by atoms with Gasteiger partial charge in [-0.25, -0.2) is 4.98 Å². The summed E-state index contributed by atoms with van der Waals surface area (Å²) in [5.41, 5.74) is 3.75. The molecule has 10 heteroatoms. The van der Waals surface area contributed by atoms with Gasteiger partial charge in [-0.1, -0.05) is 11.3 Å². The van der Waals surface area contributed by atoms with Crippen molar-refractivity contribution < 1.29 is 4.74 Å². The van der Waals surface area contributed by atoms with Crippen LogP contribution < -0.4 is 5.32 Å². The molecule has 6 heterocycles. The lowest BCUT2D eigenvalue weighted by Crippen LogP contribution is -2.21. The number of pyridine rings is 2. The lowest BCUT2D eigenvalue weighted by atomic mass is 10.1. The summed E-state index contributed by atoms with van der Waals surface area (Å²) in [5.74, 6) is 0.723. The molecule has 4 aromatic rings. The number of rotatable bonds is 8. The van der Waals surface area contributed by atoms with E-state index in [1.807, 2.05) is 29.2 Å². The summed E-state index contributed by atoms with van der Waals surface area (Å²) < 4.78 is 7.87. The summed E-state index contributed by atoms with van der Waals surface area (Å²) >= 11 is 1.53. The Morgan fingerprint density at radius 3 is 2.83 bits per heavy atom. The molecule has 2 aliphatic rings. The topological polar surface area (TPSA) is 93.9 Å². The molecule has 1 unspecified atom stereocenters. The van der Waals surface area contributed by atoms with Crippen molar-refractivity contribution in [3.63, 3.8) is 0 Å². The van der Waals surface area contributed by atoms with Crippen molar-refractivity contribution in [3.8, 4) is 11.1 Å². The predicted octanol–water partition coefficient (Wildman–Crippen LogP) is 4.82. The maximum Gasteiger partial charge on any atom is 0.211 e. The van der Waals surface area contributed by atoms with E-state index >= 15 is 0 Å². The molecule has 0 amide bonds. The molecule has 0 spiro atoms. The zero-order valence-corrected chi connectivity index (χ0v) is 20.6. The van der Waals surface area contributed by atoms with Crippen LogP contribution in [0.3, 0.4) is 0 Å². The molecule has 2 saturated heterocycles. The van der Waals surface area contributed by atoms with Crippen molar-refractivity contribution in [1.29, 1.82) is 0 Å². The minimum atomic E-state index is 0.0641. The van der Waals surface area contributed by atoms with E-state index in [-0.39, 0.29) is 6.10 Å². The lowest BCUT2D eigenvalue weighted by molar-refractivity contribution is 0.0144. The molecule has 35 heavy (non-hydrogen) atoms. The van der Waals surface area contributed by atoms with Crippen LogP contribution in [-0.4, -0.2) is 61.1 Å². The van der Waals surface area contributed by atoms with Crippen LogP contribution in [0.5, 0.6) is 0 Å². The van der Waals surface area contributed by atoms with Gasteiger partial charge in [0.2, 0.25) is 5.13 Å². The number of aryl methyl sites for hydroxylation is 1. The van der Waals surface area contributed by atoms with Gasteiger partial charge in [0.15, 0.2) is 0 Å². The maximum atomic E-state index is 5.83. The molecule has 1 atom stereocenters. The molecule has 9 nitrogen and oxygen atoms in total. The van der Waals surface area contributed by atoms with Crippen molar-refractivity contribution in [3.05, 3.63) is 41.8 Å². The molecule has 4 aromatic heterocycles. The second-order valence-corrected chi connectivity index (χ2v) is 10.3. The van der Waals surface area contributed by atoms with E-state index < -0.39 is 0 Å². The van der Waals surface area contributed by atoms with E-state index in [0.717, 1.165) is 77.1 Å². The fourth-order valence-electron chi connectivity index (χ4n) is 4.79. The maximum absolute atomic E-state index is 5.83. The van der Waals surface area contributed by atoms with Gasteiger partial charge in [0.1, 0.15) is 16.9 Å². The average Bonchev–Trinajstić information content (AvgIpc) is 3.67. The number of likely N-dealkylation sites (tertiary alicyclic amines) is 1. The van der Waals surface area contributed by atoms with Gasteiger partial charge in [0.25, 0.3) is 0 Å². The van der Waals surface area contributed by atoms with Crippen LogP contribution in [0.1, 0.15) is 49.6 Å². The number of aromatic nitrogens is 6. The third kappa shape index (κ3) is 5.34. The summed E-state index contributed by atoms with van der Waals surface area (Å²) in [7, 11) is 0. The fraction of sp³-hybridized carbons (Fsp3) is 0.480. The standard InChI is InChI=1S/C25H30N8OS/c1-4-13-34-22(6-1)24-30-31-25(35-24)29-23-8-7-20-21(28-23)14-18(15-26-20)19-16-27-33(17-19)12-5-11-32-9-2-3-10-32/h7-8,14-17,22H,1-6,9-13H2,(H,28,29,31). The second kappa shape index (κ2) is 10.3. The van der Waals surface area contributed by atoms with Gasteiger partial charge in [-0.3, -0.25) is 9.67 Å². The Morgan fingerprint density at radius 2 is 1.94 bits per heavy atom. The van der Waals surface area contributed by atoms with Gasteiger partial charge in [-0.2, -0.15) is 5.10 Å². The van der Waals surface area contributed by atoms with Crippen molar-refractivity contribution in [2.45, 2.75) is 51.2 Å². The summed E-state index contributed by atoms with van der Waals surface area (Å²) in [6, 6.07) is 5.97. The van der Waals surface area contributed by atoms with Crippen molar-refractivity contribution >= 4 is 33.3 Å². The quantitative estimate of drug-likeness (QED) is 0.376. The van der Waals surface area contributed by atoms with Gasteiger partial charge in [-0.15, -0.1) is 10.2 Å². The van der Waals surface area contributed by atoms with Crippen LogP contribution in [0.4, 0.5) is 10.9 Å². The Hall–Kier alpha value is -2.95. The zero-order chi connectivity index (χ0) is 23.5. The first-order chi connectivity index (χ1) is 17.3. The van der Waals surface area contributed by atoms with Crippen LogP contribution in [0.2, 0.25) is 0 Å². The molecule has 6 rings (SSSR count). The Balaban J connectivity index is 1.13. The number of hydrogen-bond donors (Lipinski definition) is 1. The Bertz CT molecular complexity index is 1280. The SMILES string of the molecule is c1nc2ccc(Nc3nnc(C4CCCCO4)s3)nc2cc1-c1cnn(CCCN2CCCC2)c1. The van der Waals surface area contributed by atoms with Crippen LogP contribution in [0.25, 0.3) is 22.2 Å². The summed E-state index contributed by atoms with van der Waals surface area (Å²) in [6.07, 6.45) is 13.1. The van der Waals surface area contributed by atoms with E-state index in [1.54, 1.807) is 0 Å². The highest BCUT2D eigenvalue weighted by Crippen LogP contribution is 2.32. The van der Waals surface area contributed by atoms with E-state index in [0.29, 0.717) is 0 Å². The summed E-state index contributed by atoms with van der Waals surface area (Å²) in [4.78, 5) is 11.9. The first-order valence-electron chi connectivity index (χ1n) is 12.5. The van der Waals surface area contributed by atoms with Gasteiger partial charge < -0.3 is 15.0 Å². The molecule has 0 radical (unpaired) electrons. The van der Waals surface area contributed by atoms with Crippen LogP contribution in [0.15, 0.2) is 36.8 Å². The number of nitrogens with zero attached hydrogens (tertiary/aromatic N) is 7. The highest BCUT2D eigenvalue weighted by Gasteiger charge is 2.20. The number of nitrogens with one attached hydrogen (secondary N) is 1. The molecular weight excluding hydrogens is 460 g/mol. The number of hydrogen-bond acceptors (Lipinski definition) is 9. The lowest BCUT2D eigenvalue weighted by Gasteiger charge is -2.19. The first kappa shape index (κ1) is 22.5. The molecule has 182 valence electrons. The molecule has 1 N–H and O–H groups in total. The summed E-state index contributed by atoms with van der Waals surface area (Å²) in [5, 5.41) is 18.1. The van der Waals surface area contributed by atoms with Crippen LogP contribution >= 0.6 is 11.3 Å². The van der Waals surface area contributed by atoms with E-state index in [1.165, 1.54) is 43.7 Å². The number of ether oxygens (including phenoxy) is 1. The van der Waals surface area contributed by atoms with Crippen LogP contribution in [0, 0.1) is 0 Å². The molecule has 0 bridgehead atoms. The van der Waals surface area contributed by atoms with Gasteiger partial charge in [0.05, 0.1) is 17.2 Å².